The van der Waals surface area contributed by atoms with Crippen LogP contribution in [-0.4, -0.2) is 42.4 Å². The van der Waals surface area contributed by atoms with Gasteiger partial charge < -0.3 is 16.0 Å². The molecule has 0 radical (unpaired) electrons. The Hall–Kier alpha value is -1.10. The molecule has 1 aliphatic heterocycles. The number of nitrogens with two attached hydrogens (primary N) is 1. The maximum absolute atomic E-state index is 12.3. The molecule has 2 rings (SSSR count). The first-order valence-electron chi connectivity index (χ1n) is 8.36. The topological polar surface area (TPSA) is 75.4 Å². The van der Waals surface area contributed by atoms with Gasteiger partial charge in [0.15, 0.2) is 0 Å². The molecule has 1 heterocycles. The first-order valence-corrected chi connectivity index (χ1v) is 8.36. The van der Waals surface area contributed by atoms with E-state index in [4.69, 9.17) is 5.73 Å². The minimum Gasteiger partial charge on any atom is -0.352 e. The van der Waals surface area contributed by atoms with E-state index in [0.717, 1.165) is 25.8 Å². The lowest BCUT2D eigenvalue weighted by atomic mass is 9.71. The van der Waals surface area contributed by atoms with E-state index < -0.39 is 0 Å². The molecule has 1 unspecified atom stereocenters. The first kappa shape index (κ1) is 16.3. The van der Waals surface area contributed by atoms with Crippen LogP contribution in [0.1, 0.15) is 58.3 Å². The van der Waals surface area contributed by atoms with E-state index >= 15 is 0 Å². The third-order valence-electron chi connectivity index (χ3n) is 5.09. The molecule has 2 fully saturated rings. The number of rotatable bonds is 5. The summed E-state index contributed by atoms with van der Waals surface area (Å²) in [6, 6.07) is 0.117. The molecule has 1 saturated heterocycles. The van der Waals surface area contributed by atoms with Gasteiger partial charge in [-0.2, -0.15) is 0 Å². The summed E-state index contributed by atoms with van der Waals surface area (Å²) in [5, 5.41) is 3.11. The maximum Gasteiger partial charge on any atom is 0.222 e. The fourth-order valence-electron chi connectivity index (χ4n) is 3.70. The summed E-state index contributed by atoms with van der Waals surface area (Å²) in [7, 11) is 0. The lowest BCUT2D eigenvalue weighted by Gasteiger charge is -2.36. The third kappa shape index (κ3) is 4.19. The summed E-state index contributed by atoms with van der Waals surface area (Å²) in [6.45, 7) is 3.90. The normalized spacial score (nSPS) is 24.9. The van der Waals surface area contributed by atoms with Crippen molar-refractivity contribution in [2.45, 2.75) is 64.3 Å². The van der Waals surface area contributed by atoms with Crippen molar-refractivity contribution in [3.8, 4) is 0 Å². The number of nitrogens with one attached hydrogen (secondary N) is 1. The van der Waals surface area contributed by atoms with Gasteiger partial charge in [-0.3, -0.25) is 9.59 Å². The van der Waals surface area contributed by atoms with Gasteiger partial charge in [0.05, 0.1) is 0 Å². The Balaban J connectivity index is 1.80. The lowest BCUT2D eigenvalue weighted by molar-refractivity contribution is -0.130. The summed E-state index contributed by atoms with van der Waals surface area (Å²) < 4.78 is 0. The van der Waals surface area contributed by atoms with Crippen LogP contribution >= 0.6 is 0 Å². The van der Waals surface area contributed by atoms with Crippen LogP contribution in [0.4, 0.5) is 0 Å². The number of likely N-dealkylation sites (tertiary alicyclic amines) is 1. The molecule has 5 heteroatoms. The van der Waals surface area contributed by atoms with Gasteiger partial charge in [-0.1, -0.05) is 26.2 Å². The van der Waals surface area contributed by atoms with Crippen molar-refractivity contribution in [3.63, 3.8) is 0 Å². The minimum atomic E-state index is 0.0138. The van der Waals surface area contributed by atoms with Crippen LogP contribution < -0.4 is 11.1 Å². The zero-order valence-electron chi connectivity index (χ0n) is 13.2. The van der Waals surface area contributed by atoms with Gasteiger partial charge in [0, 0.05) is 32.0 Å². The molecule has 0 aromatic heterocycles. The van der Waals surface area contributed by atoms with E-state index in [-0.39, 0.29) is 23.3 Å². The van der Waals surface area contributed by atoms with Crippen molar-refractivity contribution in [3.05, 3.63) is 0 Å². The van der Waals surface area contributed by atoms with Crippen LogP contribution in [0.5, 0.6) is 0 Å². The molecule has 2 aliphatic rings. The van der Waals surface area contributed by atoms with E-state index in [9.17, 15) is 9.59 Å². The highest BCUT2D eigenvalue weighted by Gasteiger charge is 2.34. The quantitative estimate of drug-likeness (QED) is 0.805. The van der Waals surface area contributed by atoms with E-state index in [1.54, 1.807) is 0 Å². The van der Waals surface area contributed by atoms with Gasteiger partial charge in [-0.05, 0) is 31.2 Å². The molecular formula is C16H29N3O2. The summed E-state index contributed by atoms with van der Waals surface area (Å²) in [4.78, 5) is 25.8. The Morgan fingerprint density at radius 2 is 2.00 bits per heavy atom. The minimum absolute atomic E-state index is 0.0138. The number of nitrogens with zero attached hydrogens (tertiary/aromatic N) is 1. The molecule has 21 heavy (non-hydrogen) atoms. The van der Waals surface area contributed by atoms with Crippen LogP contribution in [0, 0.1) is 5.41 Å². The molecule has 0 aromatic rings. The average Bonchev–Trinajstić information content (AvgIpc) is 2.95. The first-order chi connectivity index (χ1) is 10.1. The van der Waals surface area contributed by atoms with E-state index in [1.165, 1.54) is 19.3 Å². The van der Waals surface area contributed by atoms with Crippen LogP contribution in [0.15, 0.2) is 0 Å². The number of carbonyl (C=O) groups is 2. The number of hydrogen-bond acceptors (Lipinski definition) is 3. The second-order valence-electron chi connectivity index (χ2n) is 6.69. The molecule has 3 N–H and O–H groups in total. The molecule has 0 bridgehead atoms. The summed E-state index contributed by atoms with van der Waals surface area (Å²) in [5.41, 5.74) is 5.96. The predicted octanol–water partition coefficient (Wildman–Crippen LogP) is 1.41. The smallest absolute Gasteiger partial charge is 0.222 e. The predicted molar refractivity (Wildman–Crippen MR) is 82.6 cm³/mol. The van der Waals surface area contributed by atoms with Crippen LogP contribution in [-0.2, 0) is 9.59 Å². The second kappa shape index (κ2) is 7.25. The molecule has 1 atom stereocenters. The highest BCUT2D eigenvalue weighted by molar-refractivity contribution is 5.78. The summed E-state index contributed by atoms with van der Waals surface area (Å²) >= 11 is 0. The fourth-order valence-corrected chi connectivity index (χ4v) is 3.70. The standard InChI is InChI=1S/C16H29N3O2/c1-2-15(21)19-9-6-13(11-19)18-14(20)10-16(12-17)7-4-3-5-8-16/h13H,2-12,17H2,1H3,(H,18,20). The molecule has 0 aromatic carbocycles. The van der Waals surface area contributed by atoms with Crippen molar-refractivity contribution in [2.75, 3.05) is 19.6 Å². The largest absolute Gasteiger partial charge is 0.352 e. The van der Waals surface area contributed by atoms with Crippen molar-refractivity contribution in [1.29, 1.82) is 0 Å². The maximum atomic E-state index is 12.3. The molecule has 1 aliphatic carbocycles. The van der Waals surface area contributed by atoms with Gasteiger partial charge >= 0.3 is 0 Å². The zero-order valence-corrected chi connectivity index (χ0v) is 13.2. The van der Waals surface area contributed by atoms with Gasteiger partial charge in [-0.25, -0.2) is 0 Å². The molecule has 1 saturated carbocycles. The third-order valence-corrected chi connectivity index (χ3v) is 5.09. The molecule has 2 amide bonds. The number of hydrogen-bond donors (Lipinski definition) is 2. The average molecular weight is 295 g/mol. The Kier molecular flexibility index (Phi) is 5.62. The van der Waals surface area contributed by atoms with Crippen LogP contribution in [0.25, 0.3) is 0 Å². The summed E-state index contributed by atoms with van der Waals surface area (Å²) in [6.07, 6.45) is 7.73. The number of carbonyl (C=O) groups excluding carboxylic acids is 2. The Morgan fingerprint density at radius 3 is 2.62 bits per heavy atom. The second-order valence-corrected chi connectivity index (χ2v) is 6.69. The number of amides is 2. The van der Waals surface area contributed by atoms with E-state index in [2.05, 4.69) is 5.32 Å². The molecule has 5 nitrogen and oxygen atoms in total. The lowest BCUT2D eigenvalue weighted by Crippen LogP contribution is -2.43. The van der Waals surface area contributed by atoms with Crippen LogP contribution in [0.2, 0.25) is 0 Å². The van der Waals surface area contributed by atoms with Gasteiger partial charge in [-0.15, -0.1) is 0 Å². The SMILES string of the molecule is CCC(=O)N1CCC(NC(=O)CC2(CN)CCCCC2)C1. The molecule has 120 valence electrons. The molecule has 0 spiro atoms. The van der Waals surface area contributed by atoms with Crippen molar-refractivity contribution >= 4 is 11.8 Å². The Morgan fingerprint density at radius 1 is 1.29 bits per heavy atom. The fraction of sp³-hybridized carbons (Fsp3) is 0.875. The van der Waals surface area contributed by atoms with Crippen molar-refractivity contribution < 1.29 is 9.59 Å². The highest BCUT2D eigenvalue weighted by atomic mass is 16.2. The Labute approximate surface area is 127 Å². The highest BCUT2D eigenvalue weighted by Crippen LogP contribution is 2.38. The van der Waals surface area contributed by atoms with Gasteiger partial charge in [0.2, 0.25) is 11.8 Å². The molecular weight excluding hydrogens is 266 g/mol. The van der Waals surface area contributed by atoms with Crippen LogP contribution in [0.3, 0.4) is 0 Å². The Bertz CT molecular complexity index is 378. The monoisotopic (exact) mass is 295 g/mol. The van der Waals surface area contributed by atoms with Gasteiger partial charge in [0.25, 0.3) is 0 Å². The zero-order chi connectivity index (χ0) is 15.3. The van der Waals surface area contributed by atoms with Crippen molar-refractivity contribution in [1.82, 2.24) is 10.2 Å². The van der Waals surface area contributed by atoms with Gasteiger partial charge in [0.1, 0.15) is 0 Å². The van der Waals surface area contributed by atoms with Crippen molar-refractivity contribution in [2.24, 2.45) is 11.1 Å². The van der Waals surface area contributed by atoms with E-state index in [1.807, 2.05) is 11.8 Å². The summed E-state index contributed by atoms with van der Waals surface area (Å²) in [5.74, 6) is 0.288. The van der Waals surface area contributed by atoms with E-state index in [0.29, 0.717) is 25.9 Å².